The van der Waals surface area contributed by atoms with Gasteiger partial charge in [0.15, 0.2) is 5.16 Å². The lowest BCUT2D eigenvalue weighted by atomic mass is 9.89. The molecule has 0 radical (unpaired) electrons. The molecule has 0 saturated carbocycles. The molecule has 1 aliphatic carbocycles. The van der Waals surface area contributed by atoms with Crippen molar-refractivity contribution >= 4 is 56.7 Å². The van der Waals surface area contributed by atoms with Crippen LogP contribution in [0.2, 0.25) is 0 Å². The Morgan fingerprint density at radius 3 is 2.89 bits per heavy atom. The zero-order valence-corrected chi connectivity index (χ0v) is 22.0. The number of aromatic nitrogens is 4. The van der Waals surface area contributed by atoms with Crippen molar-refractivity contribution in [2.75, 3.05) is 11.1 Å². The first kappa shape index (κ1) is 23.9. The Morgan fingerprint density at radius 2 is 2.11 bits per heavy atom. The smallest absolute Gasteiger partial charge is 0.263 e. The van der Waals surface area contributed by atoms with Gasteiger partial charge >= 0.3 is 0 Å². The number of nitrogens with one attached hydrogen (secondary N) is 1. The van der Waals surface area contributed by atoms with E-state index in [9.17, 15) is 9.59 Å². The third kappa shape index (κ3) is 4.96. The van der Waals surface area contributed by atoms with E-state index in [1.807, 2.05) is 31.2 Å². The maximum absolute atomic E-state index is 13.4. The second kappa shape index (κ2) is 10.0. The molecule has 1 N–H and O–H groups in total. The Bertz CT molecular complexity index is 1470. The Balaban J connectivity index is 1.33. The molecule has 180 valence electrons. The monoisotopic (exact) mass is 523 g/mol. The fourth-order valence-corrected chi connectivity index (χ4v) is 7.04. The number of rotatable bonds is 7. The van der Waals surface area contributed by atoms with Crippen molar-refractivity contribution in [3.63, 3.8) is 0 Å². The first-order valence-electron chi connectivity index (χ1n) is 11.4. The third-order valence-electron chi connectivity index (χ3n) is 6.00. The van der Waals surface area contributed by atoms with Crippen molar-refractivity contribution in [3.8, 4) is 10.6 Å². The summed E-state index contributed by atoms with van der Waals surface area (Å²) in [5, 5.41) is 4.77. The van der Waals surface area contributed by atoms with Crippen LogP contribution in [0.3, 0.4) is 0 Å². The van der Waals surface area contributed by atoms with Gasteiger partial charge in [-0.25, -0.2) is 4.98 Å². The van der Waals surface area contributed by atoms with Crippen LogP contribution >= 0.6 is 34.6 Å². The molecule has 1 aromatic carbocycles. The fraction of sp³-hybridized carbons (Fsp3) is 0.320. The molecule has 10 heteroatoms. The molecule has 3 heterocycles. The van der Waals surface area contributed by atoms with Crippen LogP contribution in [0.25, 0.3) is 20.8 Å². The molecule has 1 aliphatic rings. The number of carbonyl (C=O) groups excluding carboxylic acids is 1. The molecule has 0 fully saturated rings. The molecule has 0 aliphatic heterocycles. The second-order valence-electron chi connectivity index (χ2n) is 8.76. The number of thioether (sulfide) groups is 1. The Kier molecular flexibility index (Phi) is 6.86. The summed E-state index contributed by atoms with van der Waals surface area (Å²) in [5.41, 5.74) is 3.24. The normalized spacial score (nSPS) is 15.2. The lowest BCUT2D eigenvalue weighted by Crippen LogP contribution is -2.24. The summed E-state index contributed by atoms with van der Waals surface area (Å²) >= 11 is 4.10. The number of fused-ring (bicyclic) bond motifs is 3. The van der Waals surface area contributed by atoms with Crippen LogP contribution in [0.5, 0.6) is 0 Å². The average Bonchev–Trinajstić information content (AvgIpc) is 3.44. The summed E-state index contributed by atoms with van der Waals surface area (Å²) in [6.07, 6.45) is 4.69. The minimum atomic E-state index is -0.248. The van der Waals surface area contributed by atoms with Crippen LogP contribution in [0, 0.1) is 12.8 Å². The van der Waals surface area contributed by atoms with E-state index in [0.29, 0.717) is 17.6 Å². The van der Waals surface area contributed by atoms with Crippen LogP contribution in [-0.2, 0) is 24.2 Å². The summed E-state index contributed by atoms with van der Waals surface area (Å²) in [4.78, 5) is 37.3. The minimum Gasteiger partial charge on any atom is -0.293 e. The summed E-state index contributed by atoms with van der Waals surface area (Å²) in [5.74, 6) is 0.746. The van der Waals surface area contributed by atoms with E-state index in [4.69, 9.17) is 4.98 Å². The highest BCUT2D eigenvalue weighted by Gasteiger charge is 2.24. The van der Waals surface area contributed by atoms with E-state index in [1.54, 1.807) is 22.0 Å². The minimum absolute atomic E-state index is 0.0474. The van der Waals surface area contributed by atoms with Gasteiger partial charge in [0, 0.05) is 17.0 Å². The van der Waals surface area contributed by atoms with E-state index in [2.05, 4.69) is 28.2 Å². The fourth-order valence-electron chi connectivity index (χ4n) is 4.18. The maximum atomic E-state index is 13.4. The molecule has 0 bridgehead atoms. The van der Waals surface area contributed by atoms with Gasteiger partial charge < -0.3 is 0 Å². The number of nitrogens with zero attached hydrogens (tertiary/aromatic N) is 4. The first-order chi connectivity index (χ1) is 16.9. The van der Waals surface area contributed by atoms with Gasteiger partial charge in [-0.3, -0.25) is 19.5 Å². The molecular formula is C25H25N5O2S3. The van der Waals surface area contributed by atoms with Gasteiger partial charge in [-0.2, -0.15) is 9.36 Å². The van der Waals surface area contributed by atoms with E-state index < -0.39 is 0 Å². The number of allylic oxidation sites excluding steroid dienone is 1. The predicted octanol–water partition coefficient (Wildman–Crippen LogP) is 5.33. The SMILES string of the molecule is C=CCn1c(SCC(=O)Nc2nsc(-c3ccc(C)cc3)n2)nc2sc3c(c2c1=O)CC[C@H](C)C3. The molecule has 3 aromatic heterocycles. The number of aryl methyl sites for hydroxylation is 2. The average molecular weight is 524 g/mol. The molecule has 35 heavy (non-hydrogen) atoms. The van der Waals surface area contributed by atoms with Gasteiger partial charge in [0.25, 0.3) is 5.56 Å². The topological polar surface area (TPSA) is 89.8 Å². The largest absolute Gasteiger partial charge is 0.293 e. The molecule has 0 spiro atoms. The number of anilines is 1. The zero-order valence-electron chi connectivity index (χ0n) is 19.5. The molecule has 1 atom stereocenters. The van der Waals surface area contributed by atoms with Crippen molar-refractivity contribution in [2.45, 2.75) is 44.8 Å². The van der Waals surface area contributed by atoms with Gasteiger partial charge in [-0.05, 0) is 49.2 Å². The predicted molar refractivity (Wildman–Crippen MR) is 145 cm³/mol. The lowest BCUT2D eigenvalue weighted by molar-refractivity contribution is -0.113. The number of hydrogen-bond donors (Lipinski definition) is 1. The van der Waals surface area contributed by atoms with Gasteiger partial charge in [0.05, 0.1) is 11.1 Å². The molecule has 4 aromatic rings. The zero-order chi connectivity index (χ0) is 24.5. The number of hydrogen-bond acceptors (Lipinski definition) is 8. The van der Waals surface area contributed by atoms with Crippen molar-refractivity contribution in [1.82, 2.24) is 18.9 Å². The summed E-state index contributed by atoms with van der Waals surface area (Å²) in [7, 11) is 0. The number of amides is 1. The quantitative estimate of drug-likeness (QED) is 0.200. The summed E-state index contributed by atoms with van der Waals surface area (Å²) in [6.45, 7) is 8.42. The molecule has 7 nitrogen and oxygen atoms in total. The first-order valence-corrected chi connectivity index (χ1v) is 14.0. The van der Waals surface area contributed by atoms with E-state index in [-0.39, 0.29) is 23.2 Å². The summed E-state index contributed by atoms with van der Waals surface area (Å²) < 4.78 is 5.88. The molecule has 1 amide bonds. The second-order valence-corrected chi connectivity index (χ2v) is 11.5. The van der Waals surface area contributed by atoms with Crippen LogP contribution in [0.15, 0.2) is 46.9 Å². The molecule has 0 unspecified atom stereocenters. The van der Waals surface area contributed by atoms with Crippen LogP contribution in [0.1, 0.15) is 29.3 Å². The maximum Gasteiger partial charge on any atom is 0.263 e. The standard InChI is InChI=1S/C25H25N5O2S3/c1-4-11-30-23(32)20-17-10-7-15(3)12-18(17)34-22(20)28-25(30)33-13-19(31)26-24-27-21(35-29-24)16-8-5-14(2)6-9-16/h4-6,8-9,15H,1,7,10-13H2,2-3H3,(H,26,29,31)/t15-/m0/s1. The van der Waals surface area contributed by atoms with Crippen LogP contribution in [-0.4, -0.2) is 30.6 Å². The Hall–Kier alpha value is -2.82. The van der Waals surface area contributed by atoms with Gasteiger partial charge in [0.2, 0.25) is 11.9 Å². The lowest BCUT2D eigenvalue weighted by Gasteiger charge is -2.17. The molecular weight excluding hydrogens is 499 g/mol. The van der Waals surface area contributed by atoms with E-state index in [0.717, 1.165) is 45.6 Å². The van der Waals surface area contributed by atoms with Crippen molar-refractivity contribution in [2.24, 2.45) is 5.92 Å². The van der Waals surface area contributed by atoms with Gasteiger partial charge in [-0.15, -0.1) is 17.9 Å². The molecule has 0 saturated heterocycles. The van der Waals surface area contributed by atoms with Crippen molar-refractivity contribution in [3.05, 3.63) is 63.3 Å². The van der Waals surface area contributed by atoms with Crippen molar-refractivity contribution < 1.29 is 4.79 Å². The molecule has 5 rings (SSSR count). The number of benzene rings is 1. The number of thiophene rings is 1. The Morgan fingerprint density at radius 1 is 1.31 bits per heavy atom. The summed E-state index contributed by atoms with van der Waals surface area (Å²) in [6, 6.07) is 8.01. The highest BCUT2D eigenvalue weighted by molar-refractivity contribution is 7.99. The van der Waals surface area contributed by atoms with Crippen molar-refractivity contribution in [1.29, 1.82) is 0 Å². The highest BCUT2D eigenvalue weighted by atomic mass is 32.2. The van der Waals surface area contributed by atoms with E-state index in [1.165, 1.54) is 33.7 Å². The van der Waals surface area contributed by atoms with E-state index >= 15 is 0 Å². The highest BCUT2D eigenvalue weighted by Crippen LogP contribution is 2.36. The van der Waals surface area contributed by atoms with Crippen LogP contribution < -0.4 is 10.9 Å². The number of carbonyl (C=O) groups is 1. The van der Waals surface area contributed by atoms with Gasteiger partial charge in [-0.1, -0.05) is 54.6 Å². The third-order valence-corrected chi connectivity index (χ3v) is 8.89. The Labute approximate surface area is 215 Å². The van der Waals surface area contributed by atoms with Gasteiger partial charge in [0.1, 0.15) is 9.84 Å². The van der Waals surface area contributed by atoms with Crippen LogP contribution in [0.4, 0.5) is 5.95 Å².